The Hall–Kier alpha value is -2.78. The highest BCUT2D eigenvalue weighted by molar-refractivity contribution is 6.30. The van der Waals surface area contributed by atoms with Gasteiger partial charge in [0, 0.05) is 22.7 Å². The average molecular weight is 374 g/mol. The number of hydrogen-bond acceptors (Lipinski definition) is 2. The lowest BCUT2D eigenvalue weighted by molar-refractivity contribution is 0.780. The van der Waals surface area contributed by atoms with Crippen molar-refractivity contribution in [3.05, 3.63) is 77.3 Å². The molecule has 0 atom stereocenters. The molecule has 0 unspecified atom stereocenters. The number of nitrogens with zero attached hydrogens (tertiary/aromatic N) is 2. The second kappa shape index (κ2) is 6.75. The molecule has 4 aromatic rings. The first-order valence-electron chi connectivity index (χ1n) is 9.41. The number of rotatable bonds is 2. The highest BCUT2D eigenvalue weighted by Gasteiger charge is 2.22. The highest BCUT2D eigenvalue weighted by Crippen LogP contribution is 2.37. The Labute approximate surface area is 163 Å². The molecule has 4 heteroatoms. The molecule has 0 aliphatic carbocycles. The van der Waals surface area contributed by atoms with Crippen molar-refractivity contribution >= 4 is 28.2 Å². The molecule has 0 bridgehead atoms. The van der Waals surface area contributed by atoms with Crippen LogP contribution in [-0.4, -0.2) is 16.3 Å². The third kappa shape index (κ3) is 2.88. The maximum atomic E-state index is 6.09. The van der Waals surface area contributed by atoms with E-state index in [9.17, 15) is 0 Å². The number of aromatic nitrogens is 2. The minimum atomic E-state index is 0.735. The van der Waals surface area contributed by atoms with Gasteiger partial charge in [0.1, 0.15) is 5.82 Å². The molecule has 1 N–H and O–H groups in total. The zero-order valence-electron chi connectivity index (χ0n) is 15.0. The van der Waals surface area contributed by atoms with Crippen LogP contribution >= 0.6 is 11.6 Å². The summed E-state index contributed by atoms with van der Waals surface area (Å²) in [4.78, 5) is 0. The van der Waals surface area contributed by atoms with Crippen LogP contribution in [0.5, 0.6) is 0 Å². The molecule has 0 amide bonds. The molecule has 0 radical (unpaired) electrons. The van der Waals surface area contributed by atoms with E-state index in [0.29, 0.717) is 0 Å². The maximum Gasteiger partial charge on any atom is 0.133 e. The van der Waals surface area contributed by atoms with E-state index in [4.69, 9.17) is 16.7 Å². The third-order valence-electron chi connectivity index (χ3n) is 5.25. The van der Waals surface area contributed by atoms with Crippen LogP contribution < -0.4 is 5.32 Å². The van der Waals surface area contributed by atoms with Crippen LogP contribution in [0.3, 0.4) is 0 Å². The van der Waals surface area contributed by atoms with Crippen LogP contribution in [0.2, 0.25) is 5.02 Å². The summed E-state index contributed by atoms with van der Waals surface area (Å²) in [7, 11) is 0. The van der Waals surface area contributed by atoms with Crippen molar-refractivity contribution in [2.24, 2.45) is 0 Å². The molecular formula is C23H20ClN3. The van der Waals surface area contributed by atoms with E-state index in [0.717, 1.165) is 35.2 Å². The number of anilines is 1. The summed E-state index contributed by atoms with van der Waals surface area (Å²) < 4.78 is 2.04. The quantitative estimate of drug-likeness (QED) is 0.460. The van der Waals surface area contributed by atoms with Crippen molar-refractivity contribution in [1.82, 2.24) is 9.78 Å². The SMILES string of the molecule is Clc1ccc(-n2nc(-c3cccc4ccccc34)c3c2NCCCC3)cc1. The van der Waals surface area contributed by atoms with E-state index in [1.807, 2.05) is 28.9 Å². The molecule has 0 fully saturated rings. The zero-order chi connectivity index (χ0) is 18.2. The van der Waals surface area contributed by atoms with Crippen molar-refractivity contribution in [1.29, 1.82) is 0 Å². The average Bonchev–Trinajstić information content (AvgIpc) is 2.89. The van der Waals surface area contributed by atoms with Crippen molar-refractivity contribution < 1.29 is 0 Å². The first-order chi connectivity index (χ1) is 13.3. The summed E-state index contributed by atoms with van der Waals surface area (Å²) >= 11 is 6.09. The second-order valence-corrected chi connectivity index (χ2v) is 7.41. The molecule has 27 heavy (non-hydrogen) atoms. The summed E-state index contributed by atoms with van der Waals surface area (Å²) in [6.45, 7) is 0.973. The Morgan fingerprint density at radius 1 is 0.889 bits per heavy atom. The van der Waals surface area contributed by atoms with Gasteiger partial charge in [0.25, 0.3) is 0 Å². The van der Waals surface area contributed by atoms with Crippen molar-refractivity contribution in [3.8, 4) is 16.9 Å². The molecule has 5 rings (SSSR count). The molecule has 1 aliphatic heterocycles. The standard InChI is InChI=1S/C23H20ClN3/c24-17-11-13-18(14-12-17)27-23-21(9-3-4-15-25-23)22(26-27)20-10-5-7-16-6-1-2-8-19(16)20/h1-2,5-8,10-14,25H,3-4,9,15H2. The van der Waals surface area contributed by atoms with Gasteiger partial charge in [-0.05, 0) is 54.3 Å². The predicted octanol–water partition coefficient (Wildman–Crippen LogP) is 6.09. The number of fused-ring (bicyclic) bond motifs is 2. The van der Waals surface area contributed by atoms with Gasteiger partial charge in [-0.1, -0.05) is 54.1 Å². The van der Waals surface area contributed by atoms with Gasteiger partial charge in [0.05, 0.1) is 11.4 Å². The van der Waals surface area contributed by atoms with Gasteiger partial charge in [-0.3, -0.25) is 0 Å². The lowest BCUT2D eigenvalue weighted by atomic mass is 9.98. The topological polar surface area (TPSA) is 29.9 Å². The van der Waals surface area contributed by atoms with Crippen LogP contribution in [0.25, 0.3) is 27.7 Å². The van der Waals surface area contributed by atoms with Gasteiger partial charge >= 0.3 is 0 Å². The van der Waals surface area contributed by atoms with Gasteiger partial charge in [-0.15, -0.1) is 0 Å². The Balaban J connectivity index is 1.76. The summed E-state index contributed by atoms with van der Waals surface area (Å²) in [6.07, 6.45) is 3.38. The highest BCUT2D eigenvalue weighted by atomic mass is 35.5. The molecule has 134 valence electrons. The summed E-state index contributed by atoms with van der Waals surface area (Å²) in [5.41, 5.74) is 4.60. The first kappa shape index (κ1) is 16.4. The third-order valence-corrected chi connectivity index (χ3v) is 5.50. The fraction of sp³-hybridized carbons (Fsp3) is 0.174. The maximum absolute atomic E-state index is 6.09. The number of nitrogens with one attached hydrogen (secondary N) is 1. The Kier molecular flexibility index (Phi) is 4.10. The molecule has 1 aliphatic rings. The van der Waals surface area contributed by atoms with E-state index in [-0.39, 0.29) is 0 Å². The monoisotopic (exact) mass is 373 g/mol. The lowest BCUT2D eigenvalue weighted by Gasteiger charge is -2.09. The second-order valence-electron chi connectivity index (χ2n) is 6.97. The van der Waals surface area contributed by atoms with Gasteiger partial charge in [-0.2, -0.15) is 5.10 Å². The number of benzene rings is 3. The molecule has 0 saturated heterocycles. The van der Waals surface area contributed by atoms with Gasteiger partial charge < -0.3 is 5.32 Å². The van der Waals surface area contributed by atoms with Crippen molar-refractivity contribution in [3.63, 3.8) is 0 Å². The van der Waals surface area contributed by atoms with Gasteiger partial charge in [0.2, 0.25) is 0 Å². The van der Waals surface area contributed by atoms with Crippen LogP contribution in [0, 0.1) is 0 Å². The molecule has 1 aromatic heterocycles. The summed E-state index contributed by atoms with van der Waals surface area (Å²) in [5.74, 6) is 1.11. The predicted molar refractivity (Wildman–Crippen MR) is 113 cm³/mol. The Morgan fingerprint density at radius 3 is 2.59 bits per heavy atom. The van der Waals surface area contributed by atoms with Crippen LogP contribution in [-0.2, 0) is 6.42 Å². The van der Waals surface area contributed by atoms with Gasteiger partial charge in [0.15, 0.2) is 0 Å². The van der Waals surface area contributed by atoms with E-state index in [1.165, 1.54) is 34.7 Å². The normalized spacial score (nSPS) is 13.8. The van der Waals surface area contributed by atoms with Crippen LogP contribution in [0.4, 0.5) is 5.82 Å². The minimum Gasteiger partial charge on any atom is -0.370 e. The molecule has 2 heterocycles. The largest absolute Gasteiger partial charge is 0.370 e. The number of halogens is 1. The summed E-state index contributed by atoms with van der Waals surface area (Å²) in [6, 6.07) is 22.9. The van der Waals surface area contributed by atoms with Crippen LogP contribution in [0.1, 0.15) is 18.4 Å². The molecule has 3 aromatic carbocycles. The molecule has 0 saturated carbocycles. The van der Waals surface area contributed by atoms with E-state index in [1.54, 1.807) is 0 Å². The molecular weight excluding hydrogens is 354 g/mol. The van der Waals surface area contributed by atoms with Crippen molar-refractivity contribution in [2.75, 3.05) is 11.9 Å². The molecule has 0 spiro atoms. The number of hydrogen-bond donors (Lipinski definition) is 1. The Morgan fingerprint density at radius 2 is 1.70 bits per heavy atom. The smallest absolute Gasteiger partial charge is 0.133 e. The fourth-order valence-electron chi connectivity index (χ4n) is 3.92. The van der Waals surface area contributed by atoms with E-state index < -0.39 is 0 Å². The Bertz CT molecular complexity index is 1110. The zero-order valence-corrected chi connectivity index (χ0v) is 15.7. The van der Waals surface area contributed by atoms with Gasteiger partial charge in [-0.25, -0.2) is 4.68 Å². The van der Waals surface area contributed by atoms with E-state index in [2.05, 4.69) is 47.8 Å². The minimum absolute atomic E-state index is 0.735. The van der Waals surface area contributed by atoms with Crippen molar-refractivity contribution in [2.45, 2.75) is 19.3 Å². The lowest BCUT2D eigenvalue weighted by Crippen LogP contribution is -2.07. The van der Waals surface area contributed by atoms with E-state index >= 15 is 0 Å². The summed E-state index contributed by atoms with van der Waals surface area (Å²) in [5, 5.41) is 11.9. The van der Waals surface area contributed by atoms with Crippen LogP contribution in [0.15, 0.2) is 66.7 Å². The fourth-order valence-corrected chi connectivity index (χ4v) is 4.05. The molecule has 3 nitrogen and oxygen atoms in total. The first-order valence-corrected chi connectivity index (χ1v) is 9.79.